The molecule has 2 rings (SSSR count). The van der Waals surface area contributed by atoms with Gasteiger partial charge in [-0.1, -0.05) is 0 Å². The minimum atomic E-state index is 0.406. The van der Waals surface area contributed by atoms with Crippen LogP contribution in [0.2, 0.25) is 0 Å². The van der Waals surface area contributed by atoms with Crippen LogP contribution in [0, 0.1) is 0 Å². The number of rotatable bonds is 2. The summed E-state index contributed by atoms with van der Waals surface area (Å²) in [5.74, 6) is 0. The molecule has 1 aliphatic heterocycles. The highest BCUT2D eigenvalue weighted by molar-refractivity contribution is 7.07. The summed E-state index contributed by atoms with van der Waals surface area (Å²) in [4.78, 5) is 6.75. The monoisotopic (exact) mass is 182 g/mol. The molecule has 0 unspecified atom stereocenters. The molecule has 0 radical (unpaired) electrons. The molecular weight excluding hydrogens is 168 g/mol. The lowest BCUT2D eigenvalue weighted by Gasteiger charge is -2.48. The molecule has 66 valence electrons. The van der Waals surface area contributed by atoms with Crippen LogP contribution in [0.25, 0.3) is 0 Å². The third-order valence-corrected chi connectivity index (χ3v) is 3.32. The molecule has 0 N–H and O–H groups in total. The summed E-state index contributed by atoms with van der Waals surface area (Å²) >= 11 is 1.68. The van der Waals surface area contributed by atoms with Gasteiger partial charge in [0.1, 0.15) is 0 Å². The van der Waals surface area contributed by atoms with Crippen LogP contribution in [0.4, 0.5) is 0 Å². The van der Waals surface area contributed by atoms with Gasteiger partial charge >= 0.3 is 0 Å². The van der Waals surface area contributed by atoms with Crippen molar-refractivity contribution < 1.29 is 0 Å². The van der Waals surface area contributed by atoms with Gasteiger partial charge in [-0.05, 0) is 20.3 Å². The van der Waals surface area contributed by atoms with Crippen LogP contribution in [-0.4, -0.2) is 22.0 Å². The molecule has 12 heavy (non-hydrogen) atoms. The lowest BCUT2D eigenvalue weighted by molar-refractivity contribution is 0.00700. The first-order valence-electron chi connectivity index (χ1n) is 4.31. The number of likely N-dealkylation sites (tertiary alicyclic amines) is 1. The molecule has 0 aliphatic carbocycles. The Morgan fingerprint density at radius 1 is 1.67 bits per heavy atom. The Hall–Kier alpha value is -0.410. The first-order chi connectivity index (χ1) is 5.68. The molecule has 2 nitrogen and oxygen atoms in total. The van der Waals surface area contributed by atoms with E-state index in [0.29, 0.717) is 5.54 Å². The Bertz CT molecular complexity index is 254. The van der Waals surface area contributed by atoms with Crippen molar-refractivity contribution in [3.8, 4) is 0 Å². The zero-order chi connectivity index (χ0) is 8.60. The van der Waals surface area contributed by atoms with Crippen LogP contribution >= 0.6 is 11.3 Å². The summed E-state index contributed by atoms with van der Waals surface area (Å²) < 4.78 is 0. The predicted molar refractivity (Wildman–Crippen MR) is 51.2 cm³/mol. The van der Waals surface area contributed by atoms with Gasteiger partial charge in [0.25, 0.3) is 0 Å². The Morgan fingerprint density at radius 2 is 2.50 bits per heavy atom. The highest BCUT2D eigenvalue weighted by Gasteiger charge is 2.35. The molecular formula is C9H14N2S. The largest absolute Gasteiger partial charge is 0.292 e. The summed E-state index contributed by atoms with van der Waals surface area (Å²) in [5, 5.41) is 2.13. The fourth-order valence-corrected chi connectivity index (χ4v) is 2.07. The summed E-state index contributed by atoms with van der Waals surface area (Å²) in [6, 6.07) is 0. The van der Waals surface area contributed by atoms with Crippen LogP contribution in [-0.2, 0) is 6.54 Å². The molecule has 0 aromatic carbocycles. The van der Waals surface area contributed by atoms with Gasteiger partial charge in [0, 0.05) is 24.0 Å². The molecule has 0 bridgehead atoms. The third kappa shape index (κ3) is 1.39. The van der Waals surface area contributed by atoms with E-state index in [9.17, 15) is 0 Å². The Labute approximate surface area is 77.2 Å². The van der Waals surface area contributed by atoms with E-state index >= 15 is 0 Å². The first-order valence-corrected chi connectivity index (χ1v) is 5.25. The van der Waals surface area contributed by atoms with E-state index in [1.807, 2.05) is 5.51 Å². The summed E-state index contributed by atoms with van der Waals surface area (Å²) in [6.45, 7) is 6.84. The Morgan fingerprint density at radius 3 is 2.92 bits per heavy atom. The van der Waals surface area contributed by atoms with E-state index < -0.39 is 0 Å². The van der Waals surface area contributed by atoms with Crippen LogP contribution < -0.4 is 0 Å². The van der Waals surface area contributed by atoms with Gasteiger partial charge in [0.05, 0.1) is 11.2 Å². The molecule has 0 atom stereocenters. The average Bonchev–Trinajstić information content (AvgIpc) is 2.50. The van der Waals surface area contributed by atoms with E-state index in [2.05, 4.69) is 29.1 Å². The highest BCUT2D eigenvalue weighted by Crippen LogP contribution is 2.30. The van der Waals surface area contributed by atoms with Gasteiger partial charge in [0.2, 0.25) is 0 Å². The average molecular weight is 182 g/mol. The highest BCUT2D eigenvalue weighted by atomic mass is 32.1. The second-order valence-electron chi connectivity index (χ2n) is 3.96. The number of hydrogen-bond acceptors (Lipinski definition) is 3. The maximum Gasteiger partial charge on any atom is 0.0795 e. The maximum atomic E-state index is 4.28. The minimum Gasteiger partial charge on any atom is -0.292 e. The number of nitrogens with zero attached hydrogens (tertiary/aromatic N) is 2. The zero-order valence-corrected chi connectivity index (χ0v) is 8.40. The fraction of sp³-hybridized carbons (Fsp3) is 0.667. The third-order valence-electron chi connectivity index (χ3n) is 2.69. The molecule has 3 heteroatoms. The van der Waals surface area contributed by atoms with Crippen molar-refractivity contribution in [3.63, 3.8) is 0 Å². The Kier molecular flexibility index (Phi) is 1.93. The van der Waals surface area contributed by atoms with Crippen LogP contribution in [0.5, 0.6) is 0 Å². The van der Waals surface area contributed by atoms with Crippen LogP contribution in [0.15, 0.2) is 10.9 Å². The van der Waals surface area contributed by atoms with Crippen LogP contribution in [0.1, 0.15) is 26.0 Å². The zero-order valence-electron chi connectivity index (χ0n) is 7.58. The van der Waals surface area contributed by atoms with Crippen molar-refractivity contribution in [2.45, 2.75) is 32.4 Å². The quantitative estimate of drug-likeness (QED) is 0.696. The molecule has 1 aliphatic rings. The lowest BCUT2D eigenvalue weighted by Crippen LogP contribution is -2.54. The number of aromatic nitrogens is 1. The van der Waals surface area contributed by atoms with E-state index in [-0.39, 0.29) is 0 Å². The predicted octanol–water partition coefficient (Wildman–Crippen LogP) is 2.13. The van der Waals surface area contributed by atoms with Crippen LogP contribution in [0.3, 0.4) is 0 Å². The molecule has 0 spiro atoms. The molecule has 0 amide bonds. The van der Waals surface area contributed by atoms with Gasteiger partial charge in [0.15, 0.2) is 0 Å². The van der Waals surface area contributed by atoms with Crippen molar-refractivity contribution >= 4 is 11.3 Å². The topological polar surface area (TPSA) is 16.1 Å². The number of thiazole rings is 1. The lowest BCUT2D eigenvalue weighted by atomic mass is 9.89. The molecule has 0 saturated carbocycles. The Balaban J connectivity index is 1.97. The molecule has 1 aromatic heterocycles. The van der Waals surface area contributed by atoms with Crippen molar-refractivity contribution in [3.05, 3.63) is 16.6 Å². The molecule has 1 aromatic rings. The van der Waals surface area contributed by atoms with Gasteiger partial charge in [-0.15, -0.1) is 11.3 Å². The summed E-state index contributed by atoms with van der Waals surface area (Å²) in [5.41, 5.74) is 3.53. The summed E-state index contributed by atoms with van der Waals surface area (Å²) in [7, 11) is 0. The van der Waals surface area contributed by atoms with Gasteiger partial charge in [-0.2, -0.15) is 0 Å². The first kappa shape index (κ1) is 8.20. The van der Waals surface area contributed by atoms with E-state index in [0.717, 1.165) is 6.54 Å². The van der Waals surface area contributed by atoms with Crippen molar-refractivity contribution in [1.29, 1.82) is 0 Å². The molecule has 2 heterocycles. The standard InChI is InChI=1S/C9H14N2S/c1-9(2)3-4-11(9)5-8-6-12-7-10-8/h6-7H,3-5H2,1-2H3. The maximum absolute atomic E-state index is 4.28. The second kappa shape index (κ2) is 2.82. The van der Waals surface area contributed by atoms with Crippen molar-refractivity contribution in [2.24, 2.45) is 0 Å². The van der Waals surface area contributed by atoms with E-state index in [4.69, 9.17) is 0 Å². The second-order valence-corrected chi connectivity index (χ2v) is 4.68. The summed E-state index contributed by atoms with van der Waals surface area (Å²) in [6.07, 6.45) is 1.32. The SMILES string of the molecule is CC1(C)CCN1Cc1cscn1. The normalized spacial score (nSPS) is 22.2. The van der Waals surface area contributed by atoms with E-state index in [1.54, 1.807) is 11.3 Å². The molecule has 1 fully saturated rings. The number of hydrogen-bond donors (Lipinski definition) is 0. The van der Waals surface area contributed by atoms with E-state index in [1.165, 1.54) is 18.7 Å². The van der Waals surface area contributed by atoms with Gasteiger partial charge in [-0.25, -0.2) is 4.98 Å². The smallest absolute Gasteiger partial charge is 0.0795 e. The molecule has 1 saturated heterocycles. The minimum absolute atomic E-state index is 0.406. The van der Waals surface area contributed by atoms with Gasteiger partial charge < -0.3 is 0 Å². The fourth-order valence-electron chi connectivity index (χ4n) is 1.52. The van der Waals surface area contributed by atoms with Gasteiger partial charge in [-0.3, -0.25) is 4.90 Å². The van der Waals surface area contributed by atoms with Crippen molar-refractivity contribution in [1.82, 2.24) is 9.88 Å². The van der Waals surface area contributed by atoms with Crippen molar-refractivity contribution in [2.75, 3.05) is 6.54 Å².